The molecule has 2 heterocycles. The van der Waals surface area contributed by atoms with Crippen molar-refractivity contribution in [3.8, 4) is 0 Å². The Hall–Kier alpha value is -1.88. The van der Waals surface area contributed by atoms with Gasteiger partial charge in [0.15, 0.2) is 0 Å². The summed E-state index contributed by atoms with van der Waals surface area (Å²) in [5.41, 5.74) is 0.629. The summed E-state index contributed by atoms with van der Waals surface area (Å²) in [5.74, 6) is -1.50. The number of carbonyl (C=O) groups excluding carboxylic acids is 1. The van der Waals surface area contributed by atoms with Gasteiger partial charge in [-0.15, -0.1) is 0 Å². The second-order valence-corrected chi connectivity index (χ2v) is 7.22. The largest absolute Gasteiger partial charge is 0.481 e. The highest BCUT2D eigenvalue weighted by Crippen LogP contribution is 2.50. The van der Waals surface area contributed by atoms with E-state index in [0.717, 1.165) is 45.1 Å². The first-order valence-electron chi connectivity index (χ1n) is 8.89. The SMILES string of the molecule is O=C(O)[C@@H]1c2ccccc2C(=O)N(CC2CCCO2)C12CCCC2. The maximum Gasteiger partial charge on any atom is 0.313 e. The Morgan fingerprint density at radius 3 is 2.67 bits per heavy atom. The molecule has 0 radical (unpaired) electrons. The second-order valence-electron chi connectivity index (χ2n) is 7.22. The lowest BCUT2D eigenvalue weighted by atomic mass is 9.71. The monoisotopic (exact) mass is 329 g/mol. The van der Waals surface area contributed by atoms with E-state index in [-0.39, 0.29) is 12.0 Å². The van der Waals surface area contributed by atoms with Gasteiger partial charge in [-0.05, 0) is 37.3 Å². The highest BCUT2D eigenvalue weighted by molar-refractivity contribution is 6.01. The number of rotatable bonds is 3. The van der Waals surface area contributed by atoms with Gasteiger partial charge in [0.25, 0.3) is 5.91 Å². The minimum absolute atomic E-state index is 0.0273. The standard InChI is InChI=1S/C19H23NO4/c21-17-15-8-2-1-7-14(15)16(18(22)23)19(9-3-4-10-19)20(17)12-13-6-5-11-24-13/h1-2,7-8,13,16H,3-6,9-12H2,(H,22,23)/t13?,16-/m0/s1. The third-order valence-corrected chi connectivity index (χ3v) is 5.95. The number of carbonyl (C=O) groups is 2. The number of ether oxygens (including phenoxy) is 1. The lowest BCUT2D eigenvalue weighted by Crippen LogP contribution is -2.60. The summed E-state index contributed by atoms with van der Waals surface area (Å²) in [6.07, 6.45) is 5.46. The normalized spacial score (nSPS) is 28.3. The number of hydrogen-bond donors (Lipinski definition) is 1. The summed E-state index contributed by atoms with van der Waals surface area (Å²) in [6, 6.07) is 7.22. The zero-order valence-corrected chi connectivity index (χ0v) is 13.7. The molecule has 24 heavy (non-hydrogen) atoms. The number of fused-ring (bicyclic) bond motifs is 1. The molecular formula is C19H23NO4. The molecule has 1 amide bonds. The molecule has 5 nitrogen and oxygen atoms in total. The van der Waals surface area contributed by atoms with Gasteiger partial charge in [-0.2, -0.15) is 0 Å². The van der Waals surface area contributed by atoms with E-state index in [0.29, 0.717) is 17.7 Å². The number of carboxylic acids is 1. The highest BCUT2D eigenvalue weighted by atomic mass is 16.5. The Labute approximate surface area is 141 Å². The maximum atomic E-state index is 13.2. The molecule has 1 aliphatic carbocycles. The molecule has 1 spiro atoms. The summed E-state index contributed by atoms with van der Waals surface area (Å²) in [6.45, 7) is 1.25. The van der Waals surface area contributed by atoms with Crippen LogP contribution in [-0.2, 0) is 9.53 Å². The minimum atomic E-state index is -0.825. The summed E-state index contributed by atoms with van der Waals surface area (Å²) >= 11 is 0. The van der Waals surface area contributed by atoms with E-state index in [1.54, 1.807) is 6.07 Å². The summed E-state index contributed by atoms with van der Waals surface area (Å²) < 4.78 is 5.75. The van der Waals surface area contributed by atoms with Crippen LogP contribution in [0.2, 0.25) is 0 Å². The zero-order valence-electron chi connectivity index (χ0n) is 13.7. The fraction of sp³-hybridized carbons (Fsp3) is 0.579. The van der Waals surface area contributed by atoms with Crippen LogP contribution in [0.1, 0.15) is 60.4 Å². The van der Waals surface area contributed by atoms with Crippen molar-refractivity contribution < 1.29 is 19.4 Å². The molecule has 4 rings (SSSR count). The first-order chi connectivity index (χ1) is 11.6. The predicted octanol–water partition coefficient (Wildman–Crippen LogP) is 2.80. The van der Waals surface area contributed by atoms with Crippen molar-refractivity contribution in [1.29, 1.82) is 0 Å². The fourth-order valence-corrected chi connectivity index (χ4v) is 4.90. The lowest BCUT2D eigenvalue weighted by Gasteiger charge is -2.49. The van der Waals surface area contributed by atoms with E-state index in [4.69, 9.17) is 4.74 Å². The number of carboxylic acid groups (broad SMARTS) is 1. The third-order valence-electron chi connectivity index (χ3n) is 5.95. The highest BCUT2D eigenvalue weighted by Gasteiger charge is 2.56. The summed E-state index contributed by atoms with van der Waals surface area (Å²) in [5, 5.41) is 10.0. The van der Waals surface area contributed by atoms with Crippen LogP contribution in [0.3, 0.4) is 0 Å². The van der Waals surface area contributed by atoms with E-state index in [2.05, 4.69) is 0 Å². The van der Waals surface area contributed by atoms with Gasteiger partial charge in [0.05, 0.1) is 11.6 Å². The van der Waals surface area contributed by atoms with Crippen LogP contribution in [0.5, 0.6) is 0 Å². The van der Waals surface area contributed by atoms with Crippen LogP contribution in [0.15, 0.2) is 24.3 Å². The molecule has 0 aromatic heterocycles. The average Bonchev–Trinajstić information content (AvgIpc) is 3.24. The van der Waals surface area contributed by atoms with Crippen LogP contribution in [0.4, 0.5) is 0 Å². The molecule has 2 aliphatic heterocycles. The van der Waals surface area contributed by atoms with Gasteiger partial charge in [-0.25, -0.2) is 0 Å². The second kappa shape index (κ2) is 5.88. The van der Waals surface area contributed by atoms with Crippen LogP contribution >= 0.6 is 0 Å². The Balaban J connectivity index is 1.81. The molecule has 1 aromatic carbocycles. The molecule has 1 aromatic rings. The Morgan fingerprint density at radius 1 is 1.25 bits per heavy atom. The van der Waals surface area contributed by atoms with Gasteiger partial charge in [0.1, 0.15) is 5.92 Å². The molecule has 0 bridgehead atoms. The van der Waals surface area contributed by atoms with Crippen LogP contribution in [0.25, 0.3) is 0 Å². The molecule has 1 unspecified atom stereocenters. The Morgan fingerprint density at radius 2 is 2.00 bits per heavy atom. The molecule has 5 heteroatoms. The Bertz CT molecular complexity index is 659. The van der Waals surface area contributed by atoms with Crippen molar-refractivity contribution in [3.05, 3.63) is 35.4 Å². The molecule has 128 valence electrons. The molecule has 3 aliphatic rings. The van der Waals surface area contributed by atoms with E-state index in [9.17, 15) is 14.7 Å². The van der Waals surface area contributed by atoms with Crippen LogP contribution in [0, 0.1) is 0 Å². The van der Waals surface area contributed by atoms with E-state index >= 15 is 0 Å². The molecule has 1 saturated carbocycles. The third kappa shape index (κ3) is 2.25. The quantitative estimate of drug-likeness (QED) is 0.926. The molecule has 2 atom stereocenters. The predicted molar refractivity (Wildman–Crippen MR) is 88.0 cm³/mol. The van der Waals surface area contributed by atoms with Gasteiger partial charge in [-0.3, -0.25) is 9.59 Å². The fourth-order valence-electron chi connectivity index (χ4n) is 4.90. The van der Waals surface area contributed by atoms with Gasteiger partial charge in [-0.1, -0.05) is 31.0 Å². The lowest BCUT2D eigenvalue weighted by molar-refractivity contribution is -0.143. The molecule has 2 fully saturated rings. The molecule has 1 saturated heterocycles. The van der Waals surface area contributed by atoms with Gasteiger partial charge in [0.2, 0.25) is 0 Å². The maximum absolute atomic E-state index is 13.2. The van der Waals surface area contributed by atoms with E-state index < -0.39 is 17.4 Å². The number of aliphatic carboxylic acids is 1. The number of benzene rings is 1. The average molecular weight is 329 g/mol. The molecule has 1 N–H and O–H groups in total. The van der Waals surface area contributed by atoms with E-state index in [1.807, 2.05) is 23.1 Å². The van der Waals surface area contributed by atoms with Crippen molar-refractivity contribution in [2.24, 2.45) is 0 Å². The number of hydrogen-bond acceptors (Lipinski definition) is 3. The molecular weight excluding hydrogens is 306 g/mol. The first-order valence-corrected chi connectivity index (χ1v) is 8.89. The van der Waals surface area contributed by atoms with Gasteiger partial charge < -0.3 is 14.7 Å². The summed E-state index contributed by atoms with van der Waals surface area (Å²) in [7, 11) is 0. The minimum Gasteiger partial charge on any atom is -0.481 e. The van der Waals surface area contributed by atoms with E-state index in [1.165, 1.54) is 0 Å². The number of nitrogens with zero attached hydrogens (tertiary/aromatic N) is 1. The Kier molecular flexibility index (Phi) is 3.83. The van der Waals surface area contributed by atoms with Crippen molar-refractivity contribution in [2.75, 3.05) is 13.2 Å². The smallest absolute Gasteiger partial charge is 0.313 e. The van der Waals surface area contributed by atoms with Gasteiger partial charge in [0, 0.05) is 18.7 Å². The van der Waals surface area contributed by atoms with Gasteiger partial charge >= 0.3 is 5.97 Å². The van der Waals surface area contributed by atoms with Crippen molar-refractivity contribution >= 4 is 11.9 Å². The van der Waals surface area contributed by atoms with Crippen LogP contribution < -0.4 is 0 Å². The zero-order chi connectivity index (χ0) is 16.7. The van der Waals surface area contributed by atoms with Crippen molar-refractivity contribution in [2.45, 2.75) is 56.1 Å². The van der Waals surface area contributed by atoms with Crippen LogP contribution in [-0.4, -0.2) is 46.7 Å². The first kappa shape index (κ1) is 15.6. The van der Waals surface area contributed by atoms with Crippen molar-refractivity contribution in [1.82, 2.24) is 4.90 Å². The summed E-state index contributed by atoms with van der Waals surface area (Å²) in [4.78, 5) is 27.3. The number of amides is 1. The van der Waals surface area contributed by atoms with Crippen molar-refractivity contribution in [3.63, 3.8) is 0 Å². The topological polar surface area (TPSA) is 66.8 Å².